The zero-order valence-electron chi connectivity index (χ0n) is 16.3. The van der Waals surface area contributed by atoms with E-state index in [1.165, 1.54) is 25.3 Å². The number of benzene rings is 2. The highest BCUT2D eigenvalue weighted by atomic mass is 16.6. The molecule has 0 aromatic heterocycles. The van der Waals surface area contributed by atoms with Crippen LogP contribution in [0, 0.1) is 10.1 Å². The number of hydrogen-bond donors (Lipinski definition) is 2. The molecule has 0 radical (unpaired) electrons. The van der Waals surface area contributed by atoms with Crippen LogP contribution in [0.4, 0.5) is 11.4 Å². The van der Waals surface area contributed by atoms with E-state index in [9.17, 15) is 24.5 Å². The summed E-state index contributed by atoms with van der Waals surface area (Å²) in [6, 6.07) is 13.2. The summed E-state index contributed by atoms with van der Waals surface area (Å²) >= 11 is 0. The van der Waals surface area contributed by atoms with E-state index < -0.39 is 23.4 Å². The first-order chi connectivity index (χ1) is 14.4. The molecule has 30 heavy (non-hydrogen) atoms. The van der Waals surface area contributed by atoms with E-state index >= 15 is 0 Å². The Balaban J connectivity index is 1.75. The summed E-state index contributed by atoms with van der Waals surface area (Å²) in [5.41, 5.74) is 0.517. The van der Waals surface area contributed by atoms with Gasteiger partial charge in [-0.1, -0.05) is 30.3 Å². The van der Waals surface area contributed by atoms with Crippen LogP contribution in [0.15, 0.2) is 48.5 Å². The van der Waals surface area contributed by atoms with E-state index in [0.29, 0.717) is 12.3 Å². The van der Waals surface area contributed by atoms with Gasteiger partial charge in [-0.15, -0.1) is 0 Å². The minimum atomic E-state index is -0.756. The molecular weight excluding hydrogens is 394 g/mol. The lowest BCUT2D eigenvalue weighted by Crippen LogP contribution is -2.25. The van der Waals surface area contributed by atoms with Crippen LogP contribution >= 0.6 is 0 Å². The highest BCUT2D eigenvalue weighted by Crippen LogP contribution is 2.28. The predicted molar refractivity (Wildman–Crippen MR) is 107 cm³/mol. The summed E-state index contributed by atoms with van der Waals surface area (Å²) in [5, 5.41) is 16.0. The van der Waals surface area contributed by atoms with Gasteiger partial charge in [-0.25, -0.2) is 0 Å². The van der Waals surface area contributed by atoms with E-state index in [1.807, 2.05) is 30.3 Å². The number of nitrogens with zero attached hydrogens (tertiary/aromatic N) is 1. The molecule has 2 aromatic carbocycles. The van der Waals surface area contributed by atoms with Crippen molar-refractivity contribution in [2.75, 3.05) is 19.0 Å². The van der Waals surface area contributed by atoms with Gasteiger partial charge in [0.25, 0.3) is 11.6 Å². The normalized spacial score (nSPS) is 10.0. The number of hydrogen-bond acceptors (Lipinski definition) is 7. The number of nitro groups is 1. The van der Waals surface area contributed by atoms with Crippen molar-refractivity contribution in [3.63, 3.8) is 0 Å². The van der Waals surface area contributed by atoms with E-state index in [2.05, 4.69) is 10.6 Å². The zero-order chi connectivity index (χ0) is 21.9. The van der Waals surface area contributed by atoms with Gasteiger partial charge in [0, 0.05) is 25.1 Å². The van der Waals surface area contributed by atoms with Crippen molar-refractivity contribution in [1.29, 1.82) is 0 Å². The Kier molecular flexibility index (Phi) is 8.30. The van der Waals surface area contributed by atoms with Crippen molar-refractivity contribution in [2.24, 2.45) is 0 Å². The lowest BCUT2D eigenvalue weighted by atomic mass is 10.2. The monoisotopic (exact) mass is 415 g/mol. The molecule has 0 saturated carbocycles. The highest BCUT2D eigenvalue weighted by molar-refractivity contribution is 5.95. The maximum absolute atomic E-state index is 12.0. The van der Waals surface area contributed by atoms with Crippen molar-refractivity contribution < 1.29 is 28.8 Å². The number of nitrogens with one attached hydrogen (secondary N) is 2. The van der Waals surface area contributed by atoms with Crippen molar-refractivity contribution in [2.45, 2.75) is 19.4 Å². The van der Waals surface area contributed by atoms with Gasteiger partial charge in [0.2, 0.25) is 5.91 Å². The summed E-state index contributed by atoms with van der Waals surface area (Å²) < 4.78 is 9.79. The quantitative estimate of drug-likeness (QED) is 0.345. The first kappa shape index (κ1) is 22.3. The number of esters is 1. The third kappa shape index (κ3) is 7.23. The fourth-order valence-corrected chi connectivity index (χ4v) is 2.41. The number of methoxy groups -OCH3 is 1. The molecule has 0 aliphatic heterocycles. The van der Waals surface area contributed by atoms with Crippen LogP contribution in [-0.4, -0.2) is 36.4 Å². The van der Waals surface area contributed by atoms with Crippen molar-refractivity contribution in [3.05, 3.63) is 64.2 Å². The van der Waals surface area contributed by atoms with Gasteiger partial charge >= 0.3 is 5.97 Å². The molecule has 0 spiro atoms. The third-order valence-corrected chi connectivity index (χ3v) is 3.93. The molecular formula is C20H21N3O7. The lowest BCUT2D eigenvalue weighted by Gasteiger charge is -2.09. The average Bonchev–Trinajstić information content (AvgIpc) is 2.75. The molecule has 0 saturated heterocycles. The Hall–Kier alpha value is -3.95. The van der Waals surface area contributed by atoms with Crippen molar-refractivity contribution >= 4 is 29.2 Å². The number of ether oxygens (including phenoxy) is 2. The summed E-state index contributed by atoms with van der Waals surface area (Å²) in [4.78, 5) is 45.9. The number of amides is 2. The van der Waals surface area contributed by atoms with E-state index in [-0.39, 0.29) is 30.1 Å². The number of carbonyl (C=O) groups excluding carboxylic acids is 3. The van der Waals surface area contributed by atoms with Crippen LogP contribution in [0.3, 0.4) is 0 Å². The lowest BCUT2D eigenvalue weighted by molar-refractivity contribution is -0.383. The fourth-order valence-electron chi connectivity index (χ4n) is 2.41. The van der Waals surface area contributed by atoms with Crippen LogP contribution in [0.2, 0.25) is 0 Å². The molecule has 10 heteroatoms. The smallest absolute Gasteiger partial charge is 0.306 e. The third-order valence-electron chi connectivity index (χ3n) is 3.93. The Labute approximate surface area is 172 Å². The second-order valence-electron chi connectivity index (χ2n) is 6.11. The fraction of sp³-hybridized carbons (Fsp3) is 0.250. The topological polar surface area (TPSA) is 137 Å². The van der Waals surface area contributed by atoms with E-state index in [4.69, 9.17) is 9.47 Å². The summed E-state index contributed by atoms with van der Waals surface area (Å²) in [5.74, 6) is -1.50. The summed E-state index contributed by atoms with van der Waals surface area (Å²) in [6.07, 6.45) is -0.290. The predicted octanol–water partition coefficient (Wildman–Crippen LogP) is 2.18. The molecule has 2 N–H and O–H groups in total. The Morgan fingerprint density at radius 3 is 2.43 bits per heavy atom. The second kappa shape index (κ2) is 11.1. The van der Waals surface area contributed by atoms with Crippen molar-refractivity contribution in [1.82, 2.24) is 5.32 Å². The Morgan fingerprint density at radius 1 is 1.03 bits per heavy atom. The van der Waals surface area contributed by atoms with Gasteiger partial charge < -0.3 is 20.1 Å². The van der Waals surface area contributed by atoms with E-state index in [1.54, 1.807) is 0 Å². The molecule has 0 unspecified atom stereocenters. The molecule has 0 heterocycles. The van der Waals surface area contributed by atoms with Crippen LogP contribution in [-0.2, 0) is 25.7 Å². The van der Waals surface area contributed by atoms with Crippen LogP contribution in [0.25, 0.3) is 0 Å². The van der Waals surface area contributed by atoms with Crippen LogP contribution < -0.4 is 15.4 Å². The number of carbonyl (C=O) groups is 3. The minimum Gasteiger partial charge on any atom is -0.497 e. The van der Waals surface area contributed by atoms with Gasteiger partial charge in [-0.2, -0.15) is 0 Å². The number of anilines is 1. The number of nitro benzene ring substituents is 1. The standard InChI is InChI=1S/C20H21N3O7/c1-29-15-7-8-17(23(27)28)16(11-15)22-19(25)13-30-20(26)10-9-18(24)21-12-14-5-3-2-4-6-14/h2-8,11H,9-10,12-13H2,1H3,(H,21,24)(H,22,25). The van der Waals surface area contributed by atoms with E-state index in [0.717, 1.165) is 5.56 Å². The maximum atomic E-state index is 12.0. The highest BCUT2D eigenvalue weighted by Gasteiger charge is 2.18. The average molecular weight is 415 g/mol. The molecule has 0 atom stereocenters. The second-order valence-corrected chi connectivity index (χ2v) is 6.11. The summed E-state index contributed by atoms with van der Waals surface area (Å²) in [7, 11) is 1.38. The van der Waals surface area contributed by atoms with Gasteiger partial charge in [0.05, 0.1) is 18.5 Å². The molecule has 2 rings (SSSR count). The van der Waals surface area contributed by atoms with Gasteiger partial charge in [-0.3, -0.25) is 24.5 Å². The molecule has 2 aromatic rings. The first-order valence-electron chi connectivity index (χ1n) is 8.97. The molecule has 0 fully saturated rings. The SMILES string of the molecule is COc1ccc([N+](=O)[O-])c(NC(=O)COC(=O)CCC(=O)NCc2ccccc2)c1. The largest absolute Gasteiger partial charge is 0.497 e. The zero-order valence-corrected chi connectivity index (χ0v) is 16.3. The summed E-state index contributed by atoms with van der Waals surface area (Å²) in [6.45, 7) is -0.296. The molecule has 0 aliphatic carbocycles. The molecule has 0 bridgehead atoms. The maximum Gasteiger partial charge on any atom is 0.306 e. The van der Waals surface area contributed by atoms with Gasteiger partial charge in [0.1, 0.15) is 11.4 Å². The molecule has 158 valence electrons. The minimum absolute atomic E-state index is 0.0827. The Bertz CT molecular complexity index is 916. The van der Waals surface area contributed by atoms with Gasteiger partial charge in [0.15, 0.2) is 6.61 Å². The first-order valence-corrected chi connectivity index (χ1v) is 8.97. The van der Waals surface area contributed by atoms with Crippen LogP contribution in [0.5, 0.6) is 5.75 Å². The molecule has 0 aliphatic rings. The molecule has 10 nitrogen and oxygen atoms in total. The van der Waals surface area contributed by atoms with Gasteiger partial charge in [-0.05, 0) is 11.6 Å². The van der Waals surface area contributed by atoms with Crippen LogP contribution in [0.1, 0.15) is 18.4 Å². The van der Waals surface area contributed by atoms with Crippen molar-refractivity contribution in [3.8, 4) is 5.75 Å². The Morgan fingerprint density at radius 2 is 1.77 bits per heavy atom. The molecule has 2 amide bonds. The number of rotatable bonds is 10.